The smallest absolute Gasteiger partial charge is 0.262 e. The molecule has 1 N–H and O–H groups in total. The molecule has 0 radical (unpaired) electrons. The van der Waals surface area contributed by atoms with Gasteiger partial charge in [-0.2, -0.15) is 5.26 Å². The molecule has 2 aromatic carbocycles. The summed E-state index contributed by atoms with van der Waals surface area (Å²) < 4.78 is 21.8. The monoisotopic (exact) mass is 444 g/mol. The van der Waals surface area contributed by atoms with Crippen molar-refractivity contribution in [3.63, 3.8) is 0 Å². The summed E-state index contributed by atoms with van der Waals surface area (Å²) in [5.74, 6) is 1.86. The fourth-order valence-electron chi connectivity index (χ4n) is 2.61. The number of hydrogen-bond donors (Lipinski definition) is 1. The van der Waals surface area contributed by atoms with E-state index >= 15 is 0 Å². The van der Waals surface area contributed by atoms with E-state index in [0.29, 0.717) is 33.0 Å². The van der Waals surface area contributed by atoms with Gasteiger partial charge in [-0.25, -0.2) is 0 Å². The molecular formula is C20H17BrN2O5. The van der Waals surface area contributed by atoms with Crippen molar-refractivity contribution in [3.05, 3.63) is 51.5 Å². The summed E-state index contributed by atoms with van der Waals surface area (Å²) in [5.41, 5.74) is 1.42. The predicted octanol–water partition coefficient (Wildman–Crippen LogP) is 3.42. The normalized spacial score (nSPS) is 12.3. The highest BCUT2D eigenvalue weighted by Crippen LogP contribution is 2.34. The number of rotatable bonds is 6. The summed E-state index contributed by atoms with van der Waals surface area (Å²) in [6.07, 6.45) is 1.49. The lowest BCUT2D eigenvalue weighted by Crippen LogP contribution is -2.23. The van der Waals surface area contributed by atoms with Crippen LogP contribution in [0.1, 0.15) is 11.1 Å². The summed E-state index contributed by atoms with van der Waals surface area (Å²) >= 11 is 3.42. The Balaban J connectivity index is 1.75. The molecule has 7 nitrogen and oxygen atoms in total. The molecular weight excluding hydrogens is 428 g/mol. The van der Waals surface area contributed by atoms with Crippen LogP contribution in [0.2, 0.25) is 0 Å². The van der Waals surface area contributed by atoms with Crippen LogP contribution < -0.4 is 24.3 Å². The largest absolute Gasteiger partial charge is 0.493 e. The second-order valence-electron chi connectivity index (χ2n) is 5.77. The molecule has 144 valence electrons. The van der Waals surface area contributed by atoms with Gasteiger partial charge >= 0.3 is 0 Å². The Bertz CT molecular complexity index is 981. The van der Waals surface area contributed by atoms with Crippen LogP contribution in [0.25, 0.3) is 6.08 Å². The molecule has 0 spiro atoms. The molecule has 0 aromatic heterocycles. The highest BCUT2D eigenvalue weighted by Gasteiger charge is 2.15. The van der Waals surface area contributed by atoms with Gasteiger partial charge in [-0.15, -0.1) is 0 Å². The van der Waals surface area contributed by atoms with Crippen LogP contribution in [0, 0.1) is 11.3 Å². The third-order valence-electron chi connectivity index (χ3n) is 4.06. The van der Waals surface area contributed by atoms with E-state index in [1.54, 1.807) is 24.3 Å². The summed E-state index contributed by atoms with van der Waals surface area (Å²) in [4.78, 5) is 12.4. The first-order valence-corrected chi connectivity index (χ1v) is 9.05. The second kappa shape index (κ2) is 8.67. The van der Waals surface area contributed by atoms with Crippen LogP contribution in [0.3, 0.4) is 0 Å². The zero-order valence-corrected chi connectivity index (χ0v) is 16.8. The van der Waals surface area contributed by atoms with Crippen LogP contribution in [0.15, 0.2) is 40.4 Å². The standard InChI is InChI=1S/C20H17BrN2O5/c1-25-17-7-13(15(21)8-18(17)26-2)6-14(9-22)20(24)23-10-12-3-4-16-19(5-12)28-11-27-16/h3-8H,10-11H2,1-2H3,(H,23,24)/b14-6+. The van der Waals surface area contributed by atoms with Crippen LogP contribution in [-0.2, 0) is 11.3 Å². The van der Waals surface area contributed by atoms with Crippen molar-refractivity contribution in [2.45, 2.75) is 6.54 Å². The fraction of sp³-hybridized carbons (Fsp3) is 0.200. The van der Waals surface area contributed by atoms with Crippen LogP contribution in [0.4, 0.5) is 0 Å². The Morgan fingerprint density at radius 1 is 1.21 bits per heavy atom. The average molecular weight is 445 g/mol. The van der Waals surface area contributed by atoms with E-state index in [1.807, 2.05) is 12.1 Å². The zero-order chi connectivity index (χ0) is 20.1. The number of methoxy groups -OCH3 is 2. The molecule has 1 heterocycles. The third-order valence-corrected chi connectivity index (χ3v) is 4.74. The average Bonchev–Trinajstić information content (AvgIpc) is 3.18. The van der Waals surface area contributed by atoms with Gasteiger partial charge in [0.2, 0.25) is 6.79 Å². The minimum atomic E-state index is -0.484. The number of benzene rings is 2. The maximum Gasteiger partial charge on any atom is 0.262 e. The quantitative estimate of drug-likeness (QED) is 0.542. The van der Waals surface area contributed by atoms with Gasteiger partial charge < -0.3 is 24.3 Å². The number of ether oxygens (including phenoxy) is 4. The molecule has 1 amide bonds. The van der Waals surface area contributed by atoms with Gasteiger partial charge in [-0.3, -0.25) is 4.79 Å². The number of amides is 1. The number of halogens is 1. The molecule has 28 heavy (non-hydrogen) atoms. The molecule has 3 rings (SSSR count). The molecule has 0 saturated heterocycles. The van der Waals surface area contributed by atoms with Crippen molar-refractivity contribution in [1.82, 2.24) is 5.32 Å². The molecule has 8 heteroatoms. The van der Waals surface area contributed by atoms with E-state index in [-0.39, 0.29) is 18.9 Å². The lowest BCUT2D eigenvalue weighted by atomic mass is 10.1. The van der Waals surface area contributed by atoms with E-state index in [2.05, 4.69) is 21.2 Å². The van der Waals surface area contributed by atoms with Gasteiger partial charge in [0.15, 0.2) is 23.0 Å². The van der Waals surface area contributed by atoms with Crippen molar-refractivity contribution < 1.29 is 23.7 Å². The van der Waals surface area contributed by atoms with E-state index < -0.39 is 5.91 Å². The predicted molar refractivity (Wildman–Crippen MR) is 105 cm³/mol. The molecule has 1 aliphatic rings. The molecule has 0 aliphatic carbocycles. The number of carbonyl (C=O) groups excluding carboxylic acids is 1. The maximum absolute atomic E-state index is 12.4. The zero-order valence-electron chi connectivity index (χ0n) is 15.2. The lowest BCUT2D eigenvalue weighted by molar-refractivity contribution is -0.117. The van der Waals surface area contributed by atoms with E-state index in [0.717, 1.165) is 5.56 Å². The van der Waals surface area contributed by atoms with Crippen LogP contribution in [-0.4, -0.2) is 26.9 Å². The number of nitrogens with one attached hydrogen (secondary N) is 1. The molecule has 0 atom stereocenters. The van der Waals surface area contributed by atoms with Gasteiger partial charge in [-0.1, -0.05) is 22.0 Å². The molecule has 0 unspecified atom stereocenters. The number of carbonyl (C=O) groups is 1. The topological polar surface area (TPSA) is 89.8 Å². The van der Waals surface area contributed by atoms with E-state index in [4.69, 9.17) is 18.9 Å². The third kappa shape index (κ3) is 4.21. The van der Waals surface area contributed by atoms with Crippen LogP contribution in [0.5, 0.6) is 23.0 Å². The SMILES string of the molecule is COc1cc(Br)c(/C=C(\C#N)C(=O)NCc2ccc3c(c2)OCO3)cc1OC. The van der Waals surface area contributed by atoms with E-state index in [1.165, 1.54) is 20.3 Å². The molecule has 0 saturated carbocycles. The van der Waals surface area contributed by atoms with Gasteiger partial charge in [0.05, 0.1) is 14.2 Å². The van der Waals surface area contributed by atoms with Crippen molar-refractivity contribution >= 4 is 27.9 Å². The Labute approximate surface area is 170 Å². The van der Waals surface area contributed by atoms with Gasteiger partial charge in [0.25, 0.3) is 5.91 Å². The number of fused-ring (bicyclic) bond motifs is 1. The van der Waals surface area contributed by atoms with Gasteiger partial charge in [-0.05, 0) is 41.5 Å². The maximum atomic E-state index is 12.4. The highest BCUT2D eigenvalue weighted by atomic mass is 79.9. The first kappa shape index (κ1) is 19.6. The van der Waals surface area contributed by atoms with Crippen molar-refractivity contribution in [3.8, 4) is 29.1 Å². The molecule has 0 fully saturated rings. The number of nitriles is 1. The summed E-state index contributed by atoms with van der Waals surface area (Å²) in [6.45, 7) is 0.439. The Morgan fingerprint density at radius 2 is 1.93 bits per heavy atom. The van der Waals surface area contributed by atoms with Crippen molar-refractivity contribution in [2.75, 3.05) is 21.0 Å². The van der Waals surface area contributed by atoms with Gasteiger partial charge in [0, 0.05) is 11.0 Å². The second-order valence-corrected chi connectivity index (χ2v) is 6.62. The molecule has 1 aliphatic heterocycles. The summed E-state index contributed by atoms with van der Waals surface area (Å²) in [7, 11) is 3.05. The number of nitrogens with zero attached hydrogens (tertiary/aromatic N) is 1. The van der Waals surface area contributed by atoms with Crippen molar-refractivity contribution in [2.24, 2.45) is 0 Å². The minimum absolute atomic E-state index is 0.0336. The molecule has 2 aromatic rings. The summed E-state index contributed by atoms with van der Waals surface area (Å²) in [6, 6.07) is 10.7. The number of hydrogen-bond acceptors (Lipinski definition) is 6. The lowest BCUT2D eigenvalue weighted by Gasteiger charge is -2.10. The Hall–Kier alpha value is -3.18. The first-order chi connectivity index (χ1) is 13.5. The first-order valence-electron chi connectivity index (χ1n) is 8.25. The highest BCUT2D eigenvalue weighted by molar-refractivity contribution is 9.10. The van der Waals surface area contributed by atoms with E-state index in [9.17, 15) is 10.1 Å². The Morgan fingerprint density at radius 3 is 2.64 bits per heavy atom. The Kier molecular flexibility index (Phi) is 6.06. The summed E-state index contributed by atoms with van der Waals surface area (Å²) in [5, 5.41) is 12.1. The van der Waals surface area contributed by atoms with Crippen molar-refractivity contribution in [1.29, 1.82) is 5.26 Å². The van der Waals surface area contributed by atoms with Crippen LogP contribution >= 0.6 is 15.9 Å². The fourth-order valence-corrected chi connectivity index (χ4v) is 3.05. The minimum Gasteiger partial charge on any atom is -0.493 e. The van der Waals surface area contributed by atoms with Gasteiger partial charge in [0.1, 0.15) is 11.6 Å². The molecule has 0 bridgehead atoms.